The second-order valence-electron chi connectivity index (χ2n) is 5.27. The molecule has 3 nitrogen and oxygen atoms in total. The fraction of sp³-hybridized carbons (Fsp3) is 0.562. The van der Waals surface area contributed by atoms with Gasteiger partial charge in [0.25, 0.3) is 0 Å². The quantitative estimate of drug-likeness (QED) is 0.853. The van der Waals surface area contributed by atoms with Gasteiger partial charge in [-0.3, -0.25) is 4.79 Å². The maximum atomic E-state index is 11.2. The molecule has 1 aliphatic carbocycles. The molecule has 1 aliphatic rings. The predicted octanol–water partition coefficient (Wildman–Crippen LogP) is 2.38. The van der Waals surface area contributed by atoms with Crippen LogP contribution in [0.4, 0.5) is 0 Å². The molecule has 0 spiro atoms. The summed E-state index contributed by atoms with van der Waals surface area (Å²) in [6.07, 6.45) is 2.73. The Bertz CT molecular complexity index is 424. The van der Waals surface area contributed by atoms with Gasteiger partial charge in [-0.1, -0.05) is 32.0 Å². The van der Waals surface area contributed by atoms with Gasteiger partial charge in [-0.25, -0.2) is 0 Å². The van der Waals surface area contributed by atoms with Crippen LogP contribution >= 0.6 is 0 Å². The number of fused-ring (bicyclic) bond motifs is 1. The molecule has 0 amide bonds. The number of hydrogen-bond donors (Lipinski definition) is 1. The molecular formula is C16H24O3. The molecule has 106 valence electrons. The third-order valence-electron chi connectivity index (χ3n) is 3.75. The van der Waals surface area contributed by atoms with Crippen LogP contribution in [0.15, 0.2) is 18.2 Å². The van der Waals surface area contributed by atoms with Gasteiger partial charge in [0.15, 0.2) is 0 Å². The third kappa shape index (κ3) is 4.06. The first kappa shape index (κ1) is 15.7. The van der Waals surface area contributed by atoms with E-state index < -0.39 is 0 Å². The fourth-order valence-electron chi connectivity index (χ4n) is 2.53. The van der Waals surface area contributed by atoms with Crippen LogP contribution in [-0.4, -0.2) is 25.3 Å². The summed E-state index contributed by atoms with van der Waals surface area (Å²) in [5.41, 5.74) is 3.95. The van der Waals surface area contributed by atoms with Crippen molar-refractivity contribution in [1.82, 2.24) is 0 Å². The summed E-state index contributed by atoms with van der Waals surface area (Å²) in [4.78, 5) is 11.2. The molecule has 19 heavy (non-hydrogen) atoms. The molecule has 1 atom stereocenters. The summed E-state index contributed by atoms with van der Waals surface area (Å²) in [7, 11) is 2.44. The summed E-state index contributed by atoms with van der Waals surface area (Å²) in [6.45, 7) is 4.57. The number of aliphatic hydroxyl groups is 1. The van der Waals surface area contributed by atoms with E-state index in [-0.39, 0.29) is 5.97 Å². The number of benzene rings is 1. The molecule has 0 fully saturated rings. The third-order valence-corrected chi connectivity index (χ3v) is 3.75. The van der Waals surface area contributed by atoms with Crippen LogP contribution in [0.25, 0.3) is 0 Å². The van der Waals surface area contributed by atoms with Crippen molar-refractivity contribution in [3.63, 3.8) is 0 Å². The zero-order chi connectivity index (χ0) is 14.4. The molecule has 3 heteroatoms. The summed E-state index contributed by atoms with van der Waals surface area (Å²) in [6, 6.07) is 6.41. The fourth-order valence-corrected chi connectivity index (χ4v) is 2.53. The Balaban J connectivity index is 0.000000861. The average Bonchev–Trinajstić information content (AvgIpc) is 2.84. The number of aliphatic hydroxyl groups excluding tert-OH is 1. The maximum absolute atomic E-state index is 11.2. The lowest BCUT2D eigenvalue weighted by Gasteiger charge is -2.12. The molecule has 0 saturated carbocycles. The zero-order valence-corrected chi connectivity index (χ0v) is 12.3. The first-order chi connectivity index (χ1) is 9.10. The lowest BCUT2D eigenvalue weighted by molar-refractivity contribution is -0.139. The van der Waals surface area contributed by atoms with Gasteiger partial charge in [-0.15, -0.1) is 0 Å². The summed E-state index contributed by atoms with van der Waals surface area (Å²) < 4.78 is 4.69. The van der Waals surface area contributed by atoms with Crippen LogP contribution in [0.2, 0.25) is 0 Å². The molecule has 0 radical (unpaired) electrons. The minimum atomic E-state index is -0.164. The van der Waals surface area contributed by atoms with E-state index in [4.69, 9.17) is 9.84 Å². The van der Waals surface area contributed by atoms with Crippen molar-refractivity contribution < 1.29 is 14.6 Å². The van der Waals surface area contributed by atoms with Crippen molar-refractivity contribution in [3.05, 3.63) is 34.9 Å². The Labute approximate surface area is 115 Å². The molecule has 0 saturated heterocycles. The zero-order valence-electron chi connectivity index (χ0n) is 12.3. The highest BCUT2D eigenvalue weighted by Gasteiger charge is 2.24. The molecule has 0 heterocycles. The van der Waals surface area contributed by atoms with Gasteiger partial charge in [0, 0.05) is 7.11 Å². The average molecular weight is 264 g/mol. The molecular weight excluding hydrogens is 240 g/mol. The van der Waals surface area contributed by atoms with Crippen molar-refractivity contribution in [2.24, 2.45) is 11.8 Å². The van der Waals surface area contributed by atoms with E-state index >= 15 is 0 Å². The Kier molecular flexibility index (Phi) is 6.03. The standard InChI is InChI=1S/C15H20O2.CH4O/c1-10(2)13-8-12-5-4-11(6-14(12)9-13)7-15(16)17-3;1-2/h4-6,10,13H,7-9H2,1-3H3;2H,1H3. The number of hydrogen-bond acceptors (Lipinski definition) is 3. The molecule has 0 aromatic heterocycles. The lowest BCUT2D eigenvalue weighted by atomic mass is 9.93. The van der Waals surface area contributed by atoms with Crippen molar-refractivity contribution in [2.75, 3.05) is 14.2 Å². The first-order valence-electron chi connectivity index (χ1n) is 6.72. The van der Waals surface area contributed by atoms with E-state index in [1.54, 1.807) is 0 Å². The summed E-state index contributed by atoms with van der Waals surface area (Å²) in [5, 5.41) is 7.00. The van der Waals surface area contributed by atoms with Crippen LogP contribution in [0.1, 0.15) is 30.5 Å². The minimum absolute atomic E-state index is 0.164. The monoisotopic (exact) mass is 264 g/mol. The van der Waals surface area contributed by atoms with Crippen LogP contribution in [0, 0.1) is 11.8 Å². The largest absolute Gasteiger partial charge is 0.469 e. The van der Waals surface area contributed by atoms with Gasteiger partial charge in [-0.05, 0) is 41.4 Å². The van der Waals surface area contributed by atoms with Crippen LogP contribution < -0.4 is 0 Å². The van der Waals surface area contributed by atoms with Gasteiger partial charge in [0.05, 0.1) is 13.5 Å². The molecule has 0 bridgehead atoms. The second kappa shape index (κ2) is 7.29. The second-order valence-corrected chi connectivity index (χ2v) is 5.27. The van der Waals surface area contributed by atoms with E-state index in [2.05, 4.69) is 32.0 Å². The topological polar surface area (TPSA) is 46.5 Å². The predicted molar refractivity (Wildman–Crippen MR) is 76.0 cm³/mol. The first-order valence-corrected chi connectivity index (χ1v) is 6.72. The van der Waals surface area contributed by atoms with Gasteiger partial charge in [0.2, 0.25) is 0 Å². The van der Waals surface area contributed by atoms with Crippen molar-refractivity contribution >= 4 is 5.97 Å². The van der Waals surface area contributed by atoms with E-state index in [1.165, 1.54) is 24.7 Å². The van der Waals surface area contributed by atoms with Crippen molar-refractivity contribution in [2.45, 2.75) is 33.1 Å². The summed E-state index contributed by atoms with van der Waals surface area (Å²) in [5.74, 6) is 1.33. The van der Waals surface area contributed by atoms with Crippen LogP contribution in [0.3, 0.4) is 0 Å². The van der Waals surface area contributed by atoms with E-state index in [0.717, 1.165) is 30.9 Å². The number of carbonyl (C=O) groups excluding carboxylic acids is 1. The molecule has 1 aromatic rings. The van der Waals surface area contributed by atoms with E-state index in [0.29, 0.717) is 6.42 Å². The Morgan fingerprint density at radius 1 is 1.32 bits per heavy atom. The Morgan fingerprint density at radius 2 is 1.95 bits per heavy atom. The number of carbonyl (C=O) groups is 1. The van der Waals surface area contributed by atoms with Gasteiger partial charge in [-0.2, -0.15) is 0 Å². The highest BCUT2D eigenvalue weighted by Crippen LogP contribution is 2.32. The molecule has 1 N–H and O–H groups in total. The van der Waals surface area contributed by atoms with Crippen LogP contribution in [-0.2, 0) is 28.8 Å². The van der Waals surface area contributed by atoms with Gasteiger partial charge >= 0.3 is 5.97 Å². The molecule has 1 unspecified atom stereocenters. The Morgan fingerprint density at radius 3 is 2.53 bits per heavy atom. The smallest absolute Gasteiger partial charge is 0.309 e. The van der Waals surface area contributed by atoms with Gasteiger partial charge in [0.1, 0.15) is 0 Å². The number of esters is 1. The SMILES string of the molecule is CO.COC(=O)Cc1ccc2c(c1)CC(C(C)C)C2. The Hall–Kier alpha value is -1.35. The molecule has 2 rings (SSSR count). The van der Waals surface area contributed by atoms with Crippen molar-refractivity contribution in [1.29, 1.82) is 0 Å². The normalized spacial score (nSPS) is 16.6. The van der Waals surface area contributed by atoms with Gasteiger partial charge < -0.3 is 9.84 Å². The van der Waals surface area contributed by atoms with E-state index in [1.807, 2.05) is 0 Å². The number of ether oxygens (including phenoxy) is 1. The van der Waals surface area contributed by atoms with Crippen LogP contribution in [0.5, 0.6) is 0 Å². The highest BCUT2D eigenvalue weighted by molar-refractivity contribution is 5.72. The minimum Gasteiger partial charge on any atom is -0.469 e. The lowest BCUT2D eigenvalue weighted by Crippen LogP contribution is -2.07. The molecule has 1 aromatic carbocycles. The number of rotatable bonds is 3. The highest BCUT2D eigenvalue weighted by atomic mass is 16.5. The van der Waals surface area contributed by atoms with Crippen molar-refractivity contribution in [3.8, 4) is 0 Å². The number of methoxy groups -OCH3 is 1. The molecule has 0 aliphatic heterocycles. The summed E-state index contributed by atoms with van der Waals surface area (Å²) >= 11 is 0. The van der Waals surface area contributed by atoms with E-state index in [9.17, 15) is 4.79 Å². The maximum Gasteiger partial charge on any atom is 0.309 e.